The summed E-state index contributed by atoms with van der Waals surface area (Å²) >= 11 is 0. The van der Waals surface area contributed by atoms with Crippen LogP contribution < -0.4 is 19.8 Å². The fourth-order valence-corrected chi connectivity index (χ4v) is 3.92. The molecule has 12 heteroatoms. The van der Waals surface area contributed by atoms with Crippen LogP contribution in [0.1, 0.15) is 15.9 Å². The van der Waals surface area contributed by atoms with Crippen LogP contribution in [-0.2, 0) is 0 Å². The number of amides is 1. The van der Waals surface area contributed by atoms with Crippen molar-refractivity contribution in [3.8, 4) is 11.5 Å². The fraction of sp³-hybridized carbons (Fsp3) is 0.160. The molecule has 0 bridgehead atoms. The van der Waals surface area contributed by atoms with Crippen LogP contribution in [0.5, 0.6) is 11.5 Å². The largest absolute Gasteiger partial charge is 0.497 e. The van der Waals surface area contributed by atoms with Gasteiger partial charge in [0.2, 0.25) is 0 Å². The normalized spacial score (nSPS) is 15.4. The number of alkyl halides is 2. The zero-order chi connectivity index (χ0) is 26.9. The van der Waals surface area contributed by atoms with Gasteiger partial charge in [-0.3, -0.25) is 9.80 Å². The number of rotatable bonds is 7. The van der Waals surface area contributed by atoms with Gasteiger partial charge in [-0.25, -0.2) is 18.2 Å². The number of hydrazine groups is 1. The van der Waals surface area contributed by atoms with Crippen LogP contribution in [-0.4, -0.2) is 43.0 Å². The van der Waals surface area contributed by atoms with Gasteiger partial charge in [-0.05, 0) is 36.4 Å². The molecule has 1 atom stereocenters. The molecule has 1 aliphatic heterocycles. The molecule has 4 rings (SSSR count). The molecule has 3 aromatic carbocycles. The minimum atomic E-state index is -3.06. The van der Waals surface area contributed by atoms with E-state index in [2.05, 4.69) is 10.1 Å². The fourth-order valence-electron chi connectivity index (χ4n) is 3.92. The number of methoxy groups -OCH3 is 1. The van der Waals surface area contributed by atoms with E-state index in [-0.39, 0.29) is 34.1 Å². The van der Waals surface area contributed by atoms with Gasteiger partial charge >= 0.3 is 6.61 Å². The minimum absolute atomic E-state index is 0.0386. The maximum Gasteiger partial charge on any atom is 0.387 e. The molecular weight excluding hydrogens is 501 g/mol. The number of benzene rings is 3. The monoisotopic (exact) mass is 521 g/mol. The van der Waals surface area contributed by atoms with E-state index in [4.69, 9.17) is 4.74 Å². The first-order chi connectivity index (χ1) is 17.6. The van der Waals surface area contributed by atoms with E-state index < -0.39 is 41.8 Å². The molecule has 0 fully saturated rings. The van der Waals surface area contributed by atoms with E-state index in [1.54, 1.807) is 0 Å². The quantitative estimate of drug-likeness (QED) is 0.447. The van der Waals surface area contributed by atoms with Crippen molar-refractivity contribution >= 4 is 17.3 Å². The van der Waals surface area contributed by atoms with E-state index >= 15 is 8.78 Å². The first-order valence-electron chi connectivity index (χ1n) is 10.7. The summed E-state index contributed by atoms with van der Waals surface area (Å²) < 4.78 is 78.8. The Kier molecular flexibility index (Phi) is 7.21. The second-order valence-electron chi connectivity index (χ2n) is 7.78. The van der Waals surface area contributed by atoms with E-state index in [9.17, 15) is 23.1 Å². The van der Waals surface area contributed by atoms with Crippen LogP contribution in [0.25, 0.3) is 5.70 Å². The molecule has 0 aliphatic carbocycles. The lowest BCUT2D eigenvalue weighted by molar-refractivity contribution is -0.0498. The molecule has 1 heterocycles. The van der Waals surface area contributed by atoms with Crippen molar-refractivity contribution in [3.05, 3.63) is 94.9 Å². The van der Waals surface area contributed by atoms with Crippen molar-refractivity contribution in [3.63, 3.8) is 0 Å². The number of nitrogens with one attached hydrogen (secondary N) is 1. The molecule has 3 aromatic rings. The third-order valence-corrected chi connectivity index (χ3v) is 5.57. The number of anilines is 1. The predicted molar refractivity (Wildman–Crippen MR) is 123 cm³/mol. The Labute approximate surface area is 207 Å². The number of nitrogens with zero attached hydrogens (tertiary/aromatic N) is 2. The molecule has 1 aliphatic rings. The lowest BCUT2D eigenvalue weighted by atomic mass is 10.1. The van der Waals surface area contributed by atoms with Crippen molar-refractivity contribution in [1.82, 2.24) is 10.3 Å². The number of carbonyl (C=O) groups excluding carboxylic acids is 1. The van der Waals surface area contributed by atoms with Crippen molar-refractivity contribution in [2.45, 2.75) is 12.8 Å². The summed E-state index contributed by atoms with van der Waals surface area (Å²) in [6.07, 6.45) is -1.77. The van der Waals surface area contributed by atoms with Crippen LogP contribution in [0.4, 0.5) is 27.6 Å². The zero-order valence-corrected chi connectivity index (χ0v) is 19.4. The lowest BCUT2D eigenvalue weighted by Crippen LogP contribution is -2.43. The third kappa shape index (κ3) is 5.00. The molecule has 0 spiro atoms. The summed E-state index contributed by atoms with van der Waals surface area (Å²) in [7, 11) is 2.55. The van der Waals surface area contributed by atoms with Gasteiger partial charge in [0.05, 0.1) is 29.8 Å². The van der Waals surface area contributed by atoms with E-state index in [1.807, 2.05) is 0 Å². The molecule has 1 unspecified atom stereocenters. The van der Waals surface area contributed by atoms with Crippen LogP contribution in [0.3, 0.4) is 0 Å². The molecular formula is C25H20F5N3O4. The number of halogens is 5. The Hall–Kier alpha value is -4.32. The molecule has 0 aromatic heterocycles. The number of hydrogen-bond acceptors (Lipinski definition) is 6. The molecule has 7 nitrogen and oxygen atoms in total. The number of carbonyl (C=O) groups is 1. The van der Waals surface area contributed by atoms with Gasteiger partial charge in [-0.2, -0.15) is 8.78 Å². The van der Waals surface area contributed by atoms with Gasteiger partial charge in [0.15, 0.2) is 6.23 Å². The predicted octanol–water partition coefficient (Wildman–Crippen LogP) is 4.50. The highest BCUT2D eigenvalue weighted by atomic mass is 19.3. The molecule has 0 saturated carbocycles. The molecule has 0 saturated heterocycles. The maximum atomic E-state index is 15.1. The molecule has 194 valence electrons. The van der Waals surface area contributed by atoms with E-state index in [0.717, 1.165) is 40.3 Å². The van der Waals surface area contributed by atoms with Crippen molar-refractivity contribution in [1.29, 1.82) is 0 Å². The number of aliphatic hydroxyl groups is 1. The summed E-state index contributed by atoms with van der Waals surface area (Å²) in [5.74, 6) is -4.02. The van der Waals surface area contributed by atoms with Crippen LogP contribution >= 0.6 is 0 Å². The van der Waals surface area contributed by atoms with Crippen molar-refractivity contribution < 1.29 is 41.3 Å². The molecule has 0 radical (unpaired) electrons. The number of ether oxygens (including phenoxy) is 2. The Balaban J connectivity index is 1.79. The van der Waals surface area contributed by atoms with Crippen LogP contribution in [0, 0.1) is 17.5 Å². The zero-order valence-electron chi connectivity index (χ0n) is 19.4. The summed E-state index contributed by atoms with van der Waals surface area (Å²) in [6, 6.07) is 11.8. The summed E-state index contributed by atoms with van der Waals surface area (Å²) in [5, 5.41) is 15.6. The summed E-state index contributed by atoms with van der Waals surface area (Å²) in [4.78, 5) is 13.0. The lowest BCUT2D eigenvalue weighted by Gasteiger charge is -2.32. The second-order valence-corrected chi connectivity index (χ2v) is 7.78. The van der Waals surface area contributed by atoms with Gasteiger partial charge in [-0.15, -0.1) is 0 Å². The maximum absolute atomic E-state index is 15.1. The Morgan fingerprint density at radius 2 is 1.59 bits per heavy atom. The minimum Gasteiger partial charge on any atom is -0.497 e. The standard InChI is InChI=1S/C25H20F5N3O4/c1-32-22(20-17(27)11-15(36-2)12-18(20)28)21(24(35)33(32)19-6-4-3-5-16(19)26)31-23(34)13-7-9-14(10-8-13)37-25(29)30/h3-12,24-25,35H,1-2H3,(H,31,34). The second kappa shape index (κ2) is 10.3. The van der Waals surface area contributed by atoms with Crippen molar-refractivity contribution in [2.24, 2.45) is 0 Å². The highest BCUT2D eigenvalue weighted by molar-refractivity contribution is 5.97. The van der Waals surface area contributed by atoms with Crippen molar-refractivity contribution in [2.75, 3.05) is 19.2 Å². The van der Waals surface area contributed by atoms with Gasteiger partial charge in [0, 0.05) is 24.7 Å². The van der Waals surface area contributed by atoms with Gasteiger partial charge in [0.1, 0.15) is 29.0 Å². The van der Waals surface area contributed by atoms with Crippen LogP contribution in [0.2, 0.25) is 0 Å². The average molecular weight is 521 g/mol. The highest BCUT2D eigenvalue weighted by Crippen LogP contribution is 2.39. The topological polar surface area (TPSA) is 74.3 Å². The smallest absolute Gasteiger partial charge is 0.387 e. The van der Waals surface area contributed by atoms with Gasteiger partial charge in [0.25, 0.3) is 5.91 Å². The summed E-state index contributed by atoms with van der Waals surface area (Å²) in [6.45, 7) is -3.06. The Bertz CT molecular complexity index is 1330. The first kappa shape index (κ1) is 25.8. The number of para-hydroxylation sites is 1. The van der Waals surface area contributed by atoms with Gasteiger partial charge in [-0.1, -0.05) is 12.1 Å². The molecule has 37 heavy (non-hydrogen) atoms. The van der Waals surface area contributed by atoms with E-state index in [1.165, 1.54) is 44.5 Å². The van der Waals surface area contributed by atoms with Crippen LogP contribution in [0.15, 0.2) is 66.4 Å². The SMILES string of the molecule is COc1cc(F)c(C2=C(NC(=O)c3ccc(OC(F)F)cc3)C(O)N(c3ccccc3F)N2C)c(F)c1. The first-order valence-corrected chi connectivity index (χ1v) is 10.7. The number of aliphatic hydroxyl groups excluding tert-OH is 1. The Morgan fingerprint density at radius 1 is 0.973 bits per heavy atom. The molecule has 2 N–H and O–H groups in total. The Morgan fingerprint density at radius 3 is 2.16 bits per heavy atom. The number of hydrogen-bond donors (Lipinski definition) is 2. The third-order valence-electron chi connectivity index (χ3n) is 5.57. The summed E-state index contributed by atoms with van der Waals surface area (Å²) in [5.41, 5.74) is -1.44. The van der Waals surface area contributed by atoms with E-state index in [0.29, 0.717) is 0 Å². The van der Waals surface area contributed by atoms with Gasteiger partial charge < -0.3 is 19.9 Å². The average Bonchev–Trinajstić information content (AvgIpc) is 3.08. The highest BCUT2D eigenvalue weighted by Gasteiger charge is 2.41. The molecule has 1 amide bonds.